The average Bonchev–Trinajstić information content (AvgIpc) is 3.96. The van der Waals surface area contributed by atoms with Crippen molar-refractivity contribution in [2.45, 2.75) is 58.3 Å². The highest BCUT2D eigenvalue weighted by molar-refractivity contribution is 5.80. The normalized spacial score (nSPS) is 13.2. The molecule has 0 heterocycles. The highest BCUT2D eigenvalue weighted by Crippen LogP contribution is 2.40. The monoisotopic (exact) mass is 838 g/mol. The Balaban J connectivity index is 0.000000132. The number of hydrogen-bond acceptors (Lipinski definition) is 0. The largest absolute Gasteiger partial charge is 0.0917 e. The minimum absolute atomic E-state index is 0.962. The molecule has 0 radical (unpaired) electrons. The van der Waals surface area contributed by atoms with E-state index in [1.54, 1.807) is 11.1 Å². The Morgan fingerprint density at radius 1 is 0.446 bits per heavy atom. The van der Waals surface area contributed by atoms with Crippen LogP contribution in [-0.4, -0.2) is 0 Å². The van der Waals surface area contributed by atoms with Crippen LogP contribution in [-0.2, 0) is 25.7 Å². The van der Waals surface area contributed by atoms with E-state index in [1.165, 1.54) is 96.3 Å². The van der Waals surface area contributed by atoms with Gasteiger partial charge in [0.25, 0.3) is 0 Å². The zero-order valence-corrected chi connectivity index (χ0v) is 37.7. The Kier molecular flexibility index (Phi) is 14.2. The van der Waals surface area contributed by atoms with Crippen molar-refractivity contribution in [2.24, 2.45) is 0 Å². The van der Waals surface area contributed by atoms with E-state index in [-0.39, 0.29) is 0 Å². The summed E-state index contributed by atoms with van der Waals surface area (Å²) in [6.45, 7) is 2.10. The van der Waals surface area contributed by atoms with Crippen molar-refractivity contribution in [3.05, 3.63) is 287 Å². The molecule has 8 aromatic carbocycles. The van der Waals surface area contributed by atoms with Gasteiger partial charge in [0, 0.05) is 0 Å². The summed E-state index contributed by atoms with van der Waals surface area (Å²) in [4.78, 5) is 0. The van der Waals surface area contributed by atoms with E-state index < -0.39 is 0 Å². The number of hydrogen-bond donors (Lipinski definition) is 0. The van der Waals surface area contributed by atoms with Gasteiger partial charge in [-0.1, -0.05) is 237 Å². The first-order chi connectivity index (χ1) is 32.2. The van der Waals surface area contributed by atoms with Gasteiger partial charge in [-0.2, -0.15) is 0 Å². The predicted molar refractivity (Wildman–Crippen MR) is 279 cm³/mol. The summed E-state index contributed by atoms with van der Waals surface area (Å²) in [5.41, 5.74) is 23.9. The molecule has 0 spiro atoms. The third-order valence-electron chi connectivity index (χ3n) is 12.9. The van der Waals surface area contributed by atoms with E-state index in [0.29, 0.717) is 0 Å². The first-order valence-electron chi connectivity index (χ1n) is 23.5. The SMILES string of the molecule is C/C=C\CCC1=CCc2cc(Cc3ccc4c(c3)CC3=C4CCC=C3)ccc21.c1ccc(-c2ccc(Cc3ccc(-c4ccccc4)cc3)cc2)cc1.c1ccc(-c2ccccc2)cc1. The van der Waals surface area contributed by atoms with Gasteiger partial charge in [-0.3, -0.25) is 0 Å². The van der Waals surface area contributed by atoms with Crippen LogP contribution >= 0.6 is 0 Å². The van der Waals surface area contributed by atoms with Crippen LogP contribution in [0.4, 0.5) is 0 Å². The maximum Gasteiger partial charge on any atom is -0.00168 e. The van der Waals surface area contributed by atoms with Crippen LogP contribution in [0.25, 0.3) is 44.5 Å². The lowest BCUT2D eigenvalue weighted by atomic mass is 9.94. The molecular formula is C65H58. The Hall–Kier alpha value is -7.28. The van der Waals surface area contributed by atoms with Crippen molar-refractivity contribution in [1.29, 1.82) is 0 Å². The van der Waals surface area contributed by atoms with Crippen LogP contribution in [0.1, 0.15) is 77.1 Å². The lowest BCUT2D eigenvalue weighted by molar-refractivity contribution is 1.04. The topological polar surface area (TPSA) is 0 Å². The highest BCUT2D eigenvalue weighted by Gasteiger charge is 2.22. The minimum Gasteiger partial charge on any atom is -0.0917 e. The van der Waals surface area contributed by atoms with Gasteiger partial charge in [-0.05, 0) is 153 Å². The molecule has 318 valence electrons. The summed E-state index contributed by atoms with van der Waals surface area (Å²) in [6, 6.07) is 73.9. The first kappa shape index (κ1) is 43.0. The van der Waals surface area contributed by atoms with E-state index in [1.807, 2.05) is 12.1 Å². The molecule has 0 aliphatic heterocycles. The summed E-state index contributed by atoms with van der Waals surface area (Å²) >= 11 is 0. The Morgan fingerprint density at radius 3 is 1.40 bits per heavy atom. The fourth-order valence-electron chi connectivity index (χ4n) is 9.44. The first-order valence-corrected chi connectivity index (χ1v) is 23.5. The van der Waals surface area contributed by atoms with Gasteiger partial charge >= 0.3 is 0 Å². The van der Waals surface area contributed by atoms with Crippen molar-refractivity contribution < 1.29 is 0 Å². The smallest absolute Gasteiger partial charge is 0.00168 e. The predicted octanol–water partition coefficient (Wildman–Crippen LogP) is 17.2. The van der Waals surface area contributed by atoms with E-state index in [2.05, 4.69) is 231 Å². The molecule has 0 heteroatoms. The summed E-state index contributed by atoms with van der Waals surface area (Å²) in [5.74, 6) is 0. The third kappa shape index (κ3) is 11.1. The van der Waals surface area contributed by atoms with E-state index >= 15 is 0 Å². The molecule has 3 aliphatic carbocycles. The Labute approximate surface area is 387 Å². The standard InChI is InChI=1S/C28H28.C25H20.C12H10/c1-2-3-4-7-22-12-13-24-17-20(10-14-26(22)24)16-21-11-15-28-25(18-21)19-23-8-5-6-9-27(23)28;1-3-7-22(8-4-1)24-15-11-20(12-16-24)19-21-13-17-25(18-14-21)23-9-5-2-6-10-23;1-3-7-11(8-4-1)12-9-5-2-6-10-12/h2-3,5,8,10-12,14-15,17-18H,4,6-7,9,13,16,19H2,1H3;1-18H,19H2;1-10H/b3-2-;;. The molecule has 0 bridgehead atoms. The van der Waals surface area contributed by atoms with Gasteiger partial charge < -0.3 is 0 Å². The Morgan fingerprint density at radius 2 is 0.892 bits per heavy atom. The van der Waals surface area contributed by atoms with E-state index in [9.17, 15) is 0 Å². The molecule has 8 aromatic rings. The molecule has 0 unspecified atom stereocenters. The molecule has 0 aromatic heterocycles. The second-order valence-electron chi connectivity index (χ2n) is 17.4. The van der Waals surface area contributed by atoms with E-state index in [0.717, 1.165) is 38.5 Å². The zero-order valence-electron chi connectivity index (χ0n) is 37.7. The van der Waals surface area contributed by atoms with Gasteiger partial charge in [-0.15, -0.1) is 0 Å². The lowest BCUT2D eigenvalue weighted by Gasteiger charge is -2.11. The van der Waals surface area contributed by atoms with Crippen LogP contribution in [0, 0.1) is 0 Å². The van der Waals surface area contributed by atoms with Crippen molar-refractivity contribution in [1.82, 2.24) is 0 Å². The maximum atomic E-state index is 2.45. The van der Waals surface area contributed by atoms with Crippen LogP contribution in [0.15, 0.2) is 242 Å². The highest BCUT2D eigenvalue weighted by atomic mass is 14.3. The fraction of sp³-hybridized carbons (Fsp3) is 0.138. The van der Waals surface area contributed by atoms with Gasteiger partial charge in [0.2, 0.25) is 0 Å². The average molecular weight is 839 g/mol. The van der Waals surface area contributed by atoms with Crippen LogP contribution in [0.2, 0.25) is 0 Å². The minimum atomic E-state index is 0.962. The van der Waals surface area contributed by atoms with Crippen LogP contribution in [0.5, 0.6) is 0 Å². The van der Waals surface area contributed by atoms with Crippen LogP contribution < -0.4 is 0 Å². The molecule has 11 rings (SSSR count). The van der Waals surface area contributed by atoms with Gasteiger partial charge in [0.05, 0.1) is 0 Å². The molecule has 0 amide bonds. The molecule has 65 heavy (non-hydrogen) atoms. The molecular weight excluding hydrogens is 781 g/mol. The quantitative estimate of drug-likeness (QED) is 0.120. The third-order valence-corrected chi connectivity index (χ3v) is 12.9. The maximum absolute atomic E-state index is 2.45. The zero-order chi connectivity index (χ0) is 44.0. The number of rotatable bonds is 10. The molecule has 3 aliphatic rings. The summed E-state index contributed by atoms with van der Waals surface area (Å²) < 4.78 is 0. The van der Waals surface area contributed by atoms with Crippen LogP contribution in [0.3, 0.4) is 0 Å². The molecule has 0 nitrogen and oxygen atoms in total. The molecule has 0 saturated heterocycles. The van der Waals surface area contributed by atoms with Gasteiger partial charge in [0.15, 0.2) is 0 Å². The van der Waals surface area contributed by atoms with Crippen molar-refractivity contribution >= 4 is 11.1 Å². The summed E-state index contributed by atoms with van der Waals surface area (Å²) in [5, 5.41) is 0. The summed E-state index contributed by atoms with van der Waals surface area (Å²) in [6.07, 6.45) is 20.5. The molecule has 0 saturated carbocycles. The number of fused-ring (bicyclic) bond motifs is 3. The molecule has 0 fully saturated rings. The van der Waals surface area contributed by atoms with Crippen molar-refractivity contribution in [3.8, 4) is 33.4 Å². The van der Waals surface area contributed by atoms with Gasteiger partial charge in [0.1, 0.15) is 0 Å². The number of allylic oxidation sites excluding steroid dienone is 8. The molecule has 0 N–H and O–H groups in total. The van der Waals surface area contributed by atoms with Crippen molar-refractivity contribution in [2.75, 3.05) is 0 Å². The Bertz CT molecular complexity index is 2790. The lowest BCUT2D eigenvalue weighted by Crippen LogP contribution is -1.94. The number of benzene rings is 8. The summed E-state index contributed by atoms with van der Waals surface area (Å²) in [7, 11) is 0. The second kappa shape index (κ2) is 21.4. The second-order valence-corrected chi connectivity index (χ2v) is 17.4. The van der Waals surface area contributed by atoms with Gasteiger partial charge in [-0.25, -0.2) is 0 Å². The van der Waals surface area contributed by atoms with E-state index in [4.69, 9.17) is 0 Å². The fourth-order valence-corrected chi connectivity index (χ4v) is 9.44. The molecule has 0 atom stereocenters. The van der Waals surface area contributed by atoms with Crippen molar-refractivity contribution in [3.63, 3.8) is 0 Å².